The Hall–Kier alpha value is -2.54. The van der Waals surface area contributed by atoms with E-state index < -0.39 is 10.0 Å². The first-order valence-electron chi connectivity index (χ1n) is 9.14. The molecule has 152 valence electrons. The summed E-state index contributed by atoms with van der Waals surface area (Å²) < 4.78 is 31.0. The number of carbonyl (C=O) groups excluding carboxylic acids is 1. The predicted octanol–water partition coefficient (Wildman–Crippen LogP) is 3.35. The lowest BCUT2D eigenvalue weighted by Gasteiger charge is -2.25. The Balaban J connectivity index is 2.20. The van der Waals surface area contributed by atoms with E-state index in [4.69, 9.17) is 4.74 Å². The van der Waals surface area contributed by atoms with Crippen LogP contribution < -0.4 is 14.4 Å². The van der Waals surface area contributed by atoms with Crippen LogP contribution >= 0.6 is 0 Å². The van der Waals surface area contributed by atoms with Crippen LogP contribution in [-0.2, 0) is 14.8 Å². The van der Waals surface area contributed by atoms with E-state index in [1.807, 2.05) is 57.2 Å². The number of amides is 1. The van der Waals surface area contributed by atoms with Crippen molar-refractivity contribution >= 4 is 21.6 Å². The summed E-state index contributed by atoms with van der Waals surface area (Å²) in [6.07, 6.45) is 1.79. The number of rotatable bonds is 8. The van der Waals surface area contributed by atoms with E-state index in [1.54, 1.807) is 13.2 Å². The summed E-state index contributed by atoms with van der Waals surface area (Å²) in [4.78, 5) is 12.7. The average molecular weight is 405 g/mol. The van der Waals surface area contributed by atoms with E-state index in [-0.39, 0.29) is 18.5 Å². The quantitative estimate of drug-likeness (QED) is 0.732. The third-order valence-electron chi connectivity index (χ3n) is 4.57. The summed E-state index contributed by atoms with van der Waals surface area (Å²) in [6, 6.07) is 12.7. The molecule has 0 fully saturated rings. The smallest absolute Gasteiger partial charge is 0.241 e. The molecule has 6 nitrogen and oxygen atoms in total. The van der Waals surface area contributed by atoms with Crippen molar-refractivity contribution in [3.05, 3.63) is 59.2 Å². The molecule has 0 saturated carbocycles. The van der Waals surface area contributed by atoms with Crippen LogP contribution in [0.1, 0.15) is 36.1 Å². The molecule has 2 aromatic carbocycles. The highest BCUT2D eigenvalue weighted by molar-refractivity contribution is 7.92. The number of ether oxygens (including phenoxy) is 1. The highest BCUT2D eigenvalue weighted by Gasteiger charge is 2.23. The Labute approximate surface area is 167 Å². The lowest BCUT2D eigenvalue weighted by molar-refractivity contribution is -0.120. The third kappa shape index (κ3) is 5.48. The lowest BCUT2D eigenvalue weighted by atomic mass is 10.0. The van der Waals surface area contributed by atoms with E-state index in [0.717, 1.165) is 33.0 Å². The summed E-state index contributed by atoms with van der Waals surface area (Å²) in [5.74, 6) is 0.385. The van der Waals surface area contributed by atoms with Crippen LogP contribution in [0, 0.1) is 13.8 Å². The Kier molecular flexibility index (Phi) is 7.07. The number of methoxy groups -OCH3 is 1. The van der Waals surface area contributed by atoms with Crippen molar-refractivity contribution in [2.45, 2.75) is 33.2 Å². The number of sulfonamides is 1. The van der Waals surface area contributed by atoms with Gasteiger partial charge in [0.25, 0.3) is 0 Å². The fraction of sp³-hybridized carbons (Fsp3) is 0.381. The Bertz CT molecular complexity index is 924. The molecule has 2 aromatic rings. The van der Waals surface area contributed by atoms with Crippen LogP contribution in [0.15, 0.2) is 42.5 Å². The predicted molar refractivity (Wildman–Crippen MR) is 112 cm³/mol. The molecule has 0 aliphatic rings. The fourth-order valence-electron chi connectivity index (χ4n) is 3.09. The second-order valence-corrected chi connectivity index (χ2v) is 8.77. The van der Waals surface area contributed by atoms with Gasteiger partial charge in [0, 0.05) is 0 Å². The SMILES string of the molecule is CC[C@@H](NC(=O)CN(c1ccc(C)cc1C)S(C)(=O)=O)c1ccc(OC)cc1. The van der Waals surface area contributed by atoms with Crippen molar-refractivity contribution in [3.8, 4) is 5.75 Å². The summed E-state index contributed by atoms with van der Waals surface area (Å²) in [6.45, 7) is 5.47. The first-order valence-corrected chi connectivity index (χ1v) is 11.0. The molecule has 1 amide bonds. The number of hydrogen-bond acceptors (Lipinski definition) is 4. The molecule has 0 radical (unpaired) electrons. The normalized spacial score (nSPS) is 12.3. The van der Waals surface area contributed by atoms with E-state index in [0.29, 0.717) is 12.1 Å². The summed E-state index contributed by atoms with van der Waals surface area (Å²) >= 11 is 0. The third-order valence-corrected chi connectivity index (χ3v) is 5.70. The van der Waals surface area contributed by atoms with Crippen LogP contribution in [0.2, 0.25) is 0 Å². The number of hydrogen-bond donors (Lipinski definition) is 1. The van der Waals surface area contributed by atoms with Gasteiger partial charge < -0.3 is 10.1 Å². The molecule has 0 saturated heterocycles. The molecular weight excluding hydrogens is 376 g/mol. The zero-order valence-corrected chi connectivity index (χ0v) is 17.8. The molecular formula is C21H28N2O4S. The number of carbonyl (C=O) groups is 1. The van der Waals surface area contributed by atoms with Gasteiger partial charge in [-0.3, -0.25) is 9.10 Å². The van der Waals surface area contributed by atoms with Gasteiger partial charge in [-0.05, 0) is 49.6 Å². The average Bonchev–Trinajstić information content (AvgIpc) is 2.64. The lowest BCUT2D eigenvalue weighted by Crippen LogP contribution is -2.41. The van der Waals surface area contributed by atoms with Gasteiger partial charge in [-0.15, -0.1) is 0 Å². The van der Waals surface area contributed by atoms with Crippen molar-refractivity contribution in [2.24, 2.45) is 0 Å². The van der Waals surface area contributed by atoms with Gasteiger partial charge in [-0.25, -0.2) is 8.42 Å². The van der Waals surface area contributed by atoms with Gasteiger partial charge in [-0.1, -0.05) is 36.8 Å². The van der Waals surface area contributed by atoms with Crippen LogP contribution in [0.25, 0.3) is 0 Å². The van der Waals surface area contributed by atoms with E-state index in [2.05, 4.69) is 5.32 Å². The van der Waals surface area contributed by atoms with E-state index in [9.17, 15) is 13.2 Å². The van der Waals surface area contributed by atoms with Gasteiger partial charge >= 0.3 is 0 Å². The molecule has 0 spiro atoms. The Morgan fingerprint density at radius 3 is 2.29 bits per heavy atom. The topological polar surface area (TPSA) is 75.7 Å². The van der Waals surface area contributed by atoms with Crippen molar-refractivity contribution in [2.75, 3.05) is 24.2 Å². The van der Waals surface area contributed by atoms with Crippen LogP contribution in [0.5, 0.6) is 5.75 Å². The maximum Gasteiger partial charge on any atom is 0.241 e. The largest absolute Gasteiger partial charge is 0.497 e. The molecule has 2 rings (SSSR count). The standard InChI is InChI=1S/C21H28N2O4S/c1-6-19(17-8-10-18(27-4)11-9-17)22-21(24)14-23(28(5,25)26)20-12-7-15(2)13-16(20)3/h7-13,19H,6,14H2,1-5H3,(H,22,24)/t19-/m1/s1. The molecule has 0 heterocycles. The molecule has 28 heavy (non-hydrogen) atoms. The van der Waals surface area contributed by atoms with Gasteiger partial charge in [-0.2, -0.15) is 0 Å². The molecule has 0 unspecified atom stereocenters. The maximum atomic E-state index is 12.7. The van der Waals surface area contributed by atoms with Crippen molar-refractivity contribution in [1.29, 1.82) is 0 Å². The first-order chi connectivity index (χ1) is 13.2. The maximum absolute atomic E-state index is 12.7. The van der Waals surface area contributed by atoms with Crippen LogP contribution in [0.3, 0.4) is 0 Å². The first kappa shape index (κ1) is 21.8. The molecule has 7 heteroatoms. The molecule has 0 aromatic heterocycles. The van der Waals surface area contributed by atoms with Crippen LogP contribution in [-0.4, -0.2) is 34.2 Å². The van der Waals surface area contributed by atoms with Crippen molar-refractivity contribution in [1.82, 2.24) is 5.32 Å². The number of anilines is 1. The minimum atomic E-state index is -3.61. The number of nitrogens with zero attached hydrogens (tertiary/aromatic N) is 1. The Morgan fingerprint density at radius 1 is 1.14 bits per heavy atom. The van der Waals surface area contributed by atoms with Crippen molar-refractivity contribution < 1.29 is 17.9 Å². The number of aryl methyl sites for hydroxylation is 2. The van der Waals surface area contributed by atoms with Gasteiger partial charge in [0.2, 0.25) is 15.9 Å². The molecule has 1 N–H and O–H groups in total. The highest BCUT2D eigenvalue weighted by atomic mass is 32.2. The summed E-state index contributed by atoms with van der Waals surface area (Å²) in [7, 11) is -2.01. The number of benzene rings is 2. The highest BCUT2D eigenvalue weighted by Crippen LogP contribution is 2.24. The molecule has 1 atom stereocenters. The summed E-state index contributed by atoms with van der Waals surface area (Å²) in [5.41, 5.74) is 3.29. The van der Waals surface area contributed by atoms with Crippen LogP contribution in [0.4, 0.5) is 5.69 Å². The van der Waals surface area contributed by atoms with E-state index >= 15 is 0 Å². The zero-order valence-electron chi connectivity index (χ0n) is 17.0. The van der Waals surface area contributed by atoms with E-state index in [1.165, 1.54) is 0 Å². The zero-order chi connectivity index (χ0) is 20.9. The van der Waals surface area contributed by atoms with Gasteiger partial charge in [0.15, 0.2) is 0 Å². The van der Waals surface area contributed by atoms with Crippen molar-refractivity contribution in [3.63, 3.8) is 0 Å². The monoisotopic (exact) mass is 404 g/mol. The summed E-state index contributed by atoms with van der Waals surface area (Å²) in [5, 5.41) is 2.94. The number of nitrogens with one attached hydrogen (secondary N) is 1. The second kappa shape index (κ2) is 9.10. The van der Waals surface area contributed by atoms with Gasteiger partial charge in [0.05, 0.1) is 25.1 Å². The fourth-order valence-corrected chi connectivity index (χ4v) is 4.01. The van der Waals surface area contributed by atoms with Gasteiger partial charge in [0.1, 0.15) is 12.3 Å². The minimum absolute atomic E-state index is 0.209. The Morgan fingerprint density at radius 2 is 1.79 bits per heavy atom. The second-order valence-electron chi connectivity index (χ2n) is 6.86. The minimum Gasteiger partial charge on any atom is -0.497 e. The molecule has 0 bridgehead atoms. The molecule has 0 aliphatic heterocycles. The molecule has 0 aliphatic carbocycles.